The molecule has 1 amide bonds. The molecule has 0 heterocycles. The number of carbonyl (C=O) groups excluding carboxylic acids is 1. The average Bonchev–Trinajstić information content (AvgIpc) is 2.66. The molecule has 0 bridgehead atoms. The van der Waals surface area contributed by atoms with Crippen LogP contribution in [0.2, 0.25) is 5.02 Å². The molecule has 2 rings (SSSR count). The normalized spacial score (nSPS) is 12.3. The zero-order valence-electron chi connectivity index (χ0n) is 17.4. The van der Waals surface area contributed by atoms with E-state index in [-0.39, 0.29) is 16.9 Å². The predicted octanol–water partition coefficient (Wildman–Crippen LogP) is 5.20. The van der Waals surface area contributed by atoms with Gasteiger partial charge in [0.2, 0.25) is 0 Å². The molecule has 29 heavy (non-hydrogen) atoms. The second-order valence-corrected chi connectivity index (χ2v) is 8.79. The minimum Gasteiger partial charge on any atom is -0.478 e. The summed E-state index contributed by atoms with van der Waals surface area (Å²) in [5, 5.41) is 16.0. The molecule has 0 saturated heterocycles. The fourth-order valence-corrected chi connectivity index (χ4v) is 3.15. The van der Waals surface area contributed by atoms with Crippen LogP contribution in [0.15, 0.2) is 42.5 Å². The lowest BCUT2D eigenvalue weighted by molar-refractivity contribution is 0.0696. The van der Waals surface area contributed by atoms with E-state index >= 15 is 0 Å². The Morgan fingerprint density at radius 3 is 2.28 bits per heavy atom. The van der Waals surface area contributed by atoms with Gasteiger partial charge in [0, 0.05) is 29.4 Å². The quantitative estimate of drug-likeness (QED) is 0.552. The Hall–Kier alpha value is -2.53. The van der Waals surface area contributed by atoms with Crippen molar-refractivity contribution < 1.29 is 14.7 Å². The Balaban J connectivity index is 1.82. The number of carboxylic acid groups (broad SMARTS) is 1. The number of halogens is 1. The van der Waals surface area contributed by atoms with Gasteiger partial charge in [-0.2, -0.15) is 0 Å². The minimum atomic E-state index is -1.01. The Morgan fingerprint density at radius 1 is 1.07 bits per heavy atom. The first-order valence-corrected chi connectivity index (χ1v) is 10.1. The van der Waals surface area contributed by atoms with Gasteiger partial charge in [-0.15, -0.1) is 0 Å². The summed E-state index contributed by atoms with van der Waals surface area (Å²) >= 11 is 6.16. The van der Waals surface area contributed by atoms with Crippen LogP contribution in [0, 0.1) is 5.92 Å². The number of amides is 1. The number of anilines is 1. The van der Waals surface area contributed by atoms with Gasteiger partial charge in [-0.05, 0) is 65.8 Å². The van der Waals surface area contributed by atoms with E-state index in [0.29, 0.717) is 18.0 Å². The van der Waals surface area contributed by atoms with Gasteiger partial charge in [-0.1, -0.05) is 39.3 Å². The average molecular weight is 417 g/mol. The van der Waals surface area contributed by atoms with E-state index in [1.807, 2.05) is 18.2 Å². The third-order valence-electron chi connectivity index (χ3n) is 4.75. The highest BCUT2D eigenvalue weighted by atomic mass is 35.5. The lowest BCUT2D eigenvalue weighted by Gasteiger charge is -2.25. The van der Waals surface area contributed by atoms with Gasteiger partial charge in [0.1, 0.15) is 0 Å². The molecule has 0 aliphatic carbocycles. The van der Waals surface area contributed by atoms with Crippen LogP contribution in [0.25, 0.3) is 0 Å². The summed E-state index contributed by atoms with van der Waals surface area (Å²) in [6, 6.07) is 11.8. The zero-order chi connectivity index (χ0) is 21.6. The molecule has 6 heteroatoms. The standard InChI is InChI=1S/C23H29ClN2O3/c1-15(14-26-20-10-9-18(24)13-19(20)23(2,3)4)11-12-25-21(27)16-5-7-17(8-6-16)22(28)29/h5-10,13,15,26H,11-12,14H2,1-4H3,(H,25,27)(H,28,29). The molecule has 0 saturated carbocycles. The first-order valence-electron chi connectivity index (χ1n) is 9.73. The van der Waals surface area contributed by atoms with Gasteiger partial charge >= 0.3 is 5.97 Å². The molecule has 0 aliphatic heterocycles. The largest absolute Gasteiger partial charge is 0.478 e. The van der Waals surface area contributed by atoms with Gasteiger partial charge in [0.05, 0.1) is 5.56 Å². The SMILES string of the molecule is CC(CCNC(=O)c1ccc(C(=O)O)cc1)CNc1ccc(Cl)cc1C(C)(C)C. The molecule has 1 unspecified atom stereocenters. The fraction of sp³-hybridized carbons (Fsp3) is 0.391. The number of carboxylic acids is 1. The maximum absolute atomic E-state index is 12.2. The van der Waals surface area contributed by atoms with Gasteiger partial charge in [0.15, 0.2) is 0 Å². The van der Waals surface area contributed by atoms with E-state index in [4.69, 9.17) is 16.7 Å². The molecule has 5 nitrogen and oxygen atoms in total. The van der Waals surface area contributed by atoms with Gasteiger partial charge in [-0.3, -0.25) is 4.79 Å². The molecule has 1 atom stereocenters. The predicted molar refractivity (Wildman–Crippen MR) is 118 cm³/mol. The highest BCUT2D eigenvalue weighted by Crippen LogP contribution is 2.32. The topological polar surface area (TPSA) is 78.4 Å². The van der Waals surface area contributed by atoms with E-state index < -0.39 is 5.97 Å². The molecule has 2 aromatic rings. The summed E-state index contributed by atoms with van der Waals surface area (Å²) in [7, 11) is 0. The lowest BCUT2D eigenvalue weighted by atomic mass is 9.85. The monoisotopic (exact) mass is 416 g/mol. The van der Waals surface area contributed by atoms with Gasteiger partial charge < -0.3 is 15.7 Å². The number of aromatic carboxylic acids is 1. The van der Waals surface area contributed by atoms with Crippen LogP contribution in [0.1, 0.15) is 60.4 Å². The smallest absolute Gasteiger partial charge is 0.335 e. The Morgan fingerprint density at radius 2 is 1.69 bits per heavy atom. The van der Waals surface area contributed by atoms with Crippen molar-refractivity contribution in [1.29, 1.82) is 0 Å². The van der Waals surface area contributed by atoms with Crippen molar-refractivity contribution in [2.24, 2.45) is 5.92 Å². The third kappa shape index (κ3) is 6.79. The maximum atomic E-state index is 12.2. The van der Waals surface area contributed by atoms with Crippen LogP contribution < -0.4 is 10.6 Å². The first kappa shape index (κ1) is 22.8. The number of benzene rings is 2. The van der Waals surface area contributed by atoms with Crippen LogP contribution in [-0.4, -0.2) is 30.1 Å². The van der Waals surface area contributed by atoms with Gasteiger partial charge in [-0.25, -0.2) is 4.79 Å². The van der Waals surface area contributed by atoms with Crippen molar-refractivity contribution in [1.82, 2.24) is 5.32 Å². The van der Waals surface area contributed by atoms with Gasteiger partial charge in [0.25, 0.3) is 5.91 Å². The highest BCUT2D eigenvalue weighted by Gasteiger charge is 2.18. The molecule has 0 aliphatic rings. The number of hydrogen-bond donors (Lipinski definition) is 3. The van der Waals surface area contributed by atoms with Crippen LogP contribution in [0.3, 0.4) is 0 Å². The zero-order valence-corrected chi connectivity index (χ0v) is 18.1. The Bertz CT molecular complexity index is 857. The Kier molecular flexibility index (Phi) is 7.68. The second kappa shape index (κ2) is 9.79. The van der Waals surface area contributed by atoms with Crippen LogP contribution in [-0.2, 0) is 5.41 Å². The van der Waals surface area contributed by atoms with Crippen LogP contribution in [0.5, 0.6) is 0 Å². The number of hydrogen-bond acceptors (Lipinski definition) is 3. The Labute approximate surface area is 177 Å². The summed E-state index contributed by atoms with van der Waals surface area (Å²) in [4.78, 5) is 23.1. The van der Waals surface area contributed by atoms with Crippen LogP contribution >= 0.6 is 11.6 Å². The molecule has 3 N–H and O–H groups in total. The van der Waals surface area contributed by atoms with Crippen molar-refractivity contribution in [3.8, 4) is 0 Å². The van der Waals surface area contributed by atoms with E-state index in [1.54, 1.807) is 0 Å². The van der Waals surface area contributed by atoms with E-state index in [0.717, 1.165) is 23.7 Å². The third-order valence-corrected chi connectivity index (χ3v) is 4.98. The number of carbonyl (C=O) groups is 2. The van der Waals surface area contributed by atoms with Crippen LogP contribution in [0.4, 0.5) is 5.69 Å². The molecule has 0 radical (unpaired) electrons. The maximum Gasteiger partial charge on any atom is 0.335 e. The molecule has 0 aromatic heterocycles. The molecule has 2 aromatic carbocycles. The fourth-order valence-electron chi connectivity index (χ4n) is 2.98. The van der Waals surface area contributed by atoms with E-state index in [1.165, 1.54) is 29.8 Å². The number of rotatable bonds is 8. The first-order chi connectivity index (χ1) is 13.6. The lowest BCUT2D eigenvalue weighted by Crippen LogP contribution is -2.27. The van der Waals surface area contributed by atoms with E-state index in [9.17, 15) is 9.59 Å². The summed E-state index contributed by atoms with van der Waals surface area (Å²) in [5.41, 5.74) is 2.86. The molecule has 156 valence electrons. The van der Waals surface area contributed by atoms with Crippen molar-refractivity contribution in [2.75, 3.05) is 18.4 Å². The highest BCUT2D eigenvalue weighted by molar-refractivity contribution is 6.30. The van der Waals surface area contributed by atoms with Crippen molar-refractivity contribution in [3.63, 3.8) is 0 Å². The van der Waals surface area contributed by atoms with E-state index in [2.05, 4.69) is 38.3 Å². The number of nitrogens with one attached hydrogen (secondary N) is 2. The molecular formula is C23H29ClN2O3. The minimum absolute atomic E-state index is 0.0133. The molecule has 0 fully saturated rings. The van der Waals surface area contributed by atoms with Crippen molar-refractivity contribution in [3.05, 3.63) is 64.2 Å². The second-order valence-electron chi connectivity index (χ2n) is 8.35. The van der Waals surface area contributed by atoms with Crippen molar-refractivity contribution in [2.45, 2.75) is 39.5 Å². The summed E-state index contributed by atoms with van der Waals surface area (Å²) < 4.78 is 0. The summed E-state index contributed by atoms with van der Waals surface area (Å²) in [5.74, 6) is -0.850. The summed E-state index contributed by atoms with van der Waals surface area (Å²) in [6.45, 7) is 9.94. The van der Waals surface area contributed by atoms with Crippen molar-refractivity contribution >= 4 is 29.2 Å². The molecular weight excluding hydrogens is 388 g/mol. The molecule has 0 spiro atoms. The summed E-state index contributed by atoms with van der Waals surface area (Å²) in [6.07, 6.45) is 0.824.